The van der Waals surface area contributed by atoms with Gasteiger partial charge in [-0.05, 0) is 68.6 Å². The van der Waals surface area contributed by atoms with Crippen LogP contribution in [0.2, 0.25) is 0 Å². The molecule has 2 fully saturated rings. The fourth-order valence-electron chi connectivity index (χ4n) is 4.34. The smallest absolute Gasteiger partial charge is 0.119 e. The van der Waals surface area contributed by atoms with E-state index < -0.39 is 6.10 Å². The molecule has 0 saturated heterocycles. The van der Waals surface area contributed by atoms with Crippen molar-refractivity contribution >= 4 is 0 Å². The van der Waals surface area contributed by atoms with E-state index >= 15 is 0 Å². The Morgan fingerprint density at radius 1 is 1.32 bits per heavy atom. The molecule has 0 radical (unpaired) electrons. The Morgan fingerprint density at radius 3 is 2.86 bits per heavy atom. The molecule has 3 nitrogen and oxygen atoms in total. The van der Waals surface area contributed by atoms with Gasteiger partial charge < -0.3 is 15.2 Å². The summed E-state index contributed by atoms with van der Waals surface area (Å²) >= 11 is 0. The van der Waals surface area contributed by atoms with Gasteiger partial charge >= 0.3 is 0 Å². The topological polar surface area (TPSA) is 41.5 Å². The summed E-state index contributed by atoms with van der Waals surface area (Å²) in [6.07, 6.45) is 5.23. The molecule has 5 atom stereocenters. The van der Waals surface area contributed by atoms with Crippen LogP contribution in [0.5, 0.6) is 5.75 Å². The summed E-state index contributed by atoms with van der Waals surface area (Å²) in [6.45, 7) is 5.28. The van der Waals surface area contributed by atoms with Crippen molar-refractivity contribution in [2.45, 2.75) is 51.7 Å². The number of fused-ring (bicyclic) bond motifs is 2. The minimum atomic E-state index is -0.457. The van der Waals surface area contributed by atoms with Gasteiger partial charge in [-0.1, -0.05) is 18.6 Å². The highest BCUT2D eigenvalue weighted by Gasteiger charge is 2.41. The zero-order chi connectivity index (χ0) is 15.5. The molecule has 3 heteroatoms. The van der Waals surface area contributed by atoms with E-state index in [4.69, 9.17) is 4.74 Å². The van der Waals surface area contributed by atoms with Gasteiger partial charge in [-0.2, -0.15) is 0 Å². The first-order valence-corrected chi connectivity index (χ1v) is 8.72. The molecular formula is C19H29NO2. The van der Waals surface area contributed by atoms with Crippen molar-refractivity contribution in [2.75, 3.05) is 13.2 Å². The molecule has 0 unspecified atom stereocenters. The maximum absolute atomic E-state index is 10.1. The normalized spacial score (nSPS) is 29.5. The number of hydrogen-bond acceptors (Lipinski definition) is 3. The number of aliphatic hydroxyl groups excluding tert-OH is 1. The Bertz CT molecular complexity index is 490. The Balaban J connectivity index is 1.38. The van der Waals surface area contributed by atoms with Gasteiger partial charge in [-0.15, -0.1) is 0 Å². The predicted molar refractivity (Wildman–Crippen MR) is 89.1 cm³/mol. The average molecular weight is 303 g/mol. The molecule has 2 saturated carbocycles. The summed E-state index contributed by atoms with van der Waals surface area (Å²) in [5.74, 6) is 3.55. The summed E-state index contributed by atoms with van der Waals surface area (Å²) < 4.78 is 5.67. The van der Waals surface area contributed by atoms with Crippen molar-refractivity contribution in [3.05, 3.63) is 29.8 Å². The molecule has 22 heavy (non-hydrogen) atoms. The van der Waals surface area contributed by atoms with Crippen LogP contribution in [0.1, 0.15) is 38.2 Å². The highest BCUT2D eigenvalue weighted by atomic mass is 16.5. The molecule has 0 heterocycles. The molecule has 2 N–H and O–H groups in total. The SMILES string of the molecule is Cc1cccc(OC[C@H](O)CN[C@H](C)[C@@H]2C[C@@H]3CC[C@@H]2C3)c1. The first-order chi connectivity index (χ1) is 10.6. The van der Waals surface area contributed by atoms with Crippen LogP contribution in [0, 0.1) is 24.7 Å². The average Bonchev–Trinajstić information content (AvgIpc) is 3.13. The second-order valence-corrected chi connectivity index (χ2v) is 7.32. The van der Waals surface area contributed by atoms with E-state index in [9.17, 15) is 5.11 Å². The van der Waals surface area contributed by atoms with Gasteiger partial charge in [-0.25, -0.2) is 0 Å². The summed E-state index contributed by atoms with van der Waals surface area (Å²) in [4.78, 5) is 0. The second-order valence-electron chi connectivity index (χ2n) is 7.32. The molecule has 0 amide bonds. The van der Waals surface area contributed by atoms with Crippen LogP contribution >= 0.6 is 0 Å². The molecule has 0 aromatic heterocycles. The lowest BCUT2D eigenvalue weighted by atomic mass is 9.84. The van der Waals surface area contributed by atoms with Crippen LogP contribution in [-0.2, 0) is 0 Å². The summed E-state index contributed by atoms with van der Waals surface area (Å²) in [6, 6.07) is 8.46. The number of rotatable bonds is 7. The zero-order valence-electron chi connectivity index (χ0n) is 13.8. The van der Waals surface area contributed by atoms with Gasteiger partial charge in [0.2, 0.25) is 0 Å². The third-order valence-corrected chi connectivity index (χ3v) is 5.54. The van der Waals surface area contributed by atoms with Crippen molar-refractivity contribution in [1.82, 2.24) is 5.32 Å². The first-order valence-electron chi connectivity index (χ1n) is 8.72. The molecular weight excluding hydrogens is 274 g/mol. The summed E-state index contributed by atoms with van der Waals surface area (Å²) in [5.41, 5.74) is 1.18. The van der Waals surface area contributed by atoms with E-state index in [2.05, 4.69) is 12.2 Å². The van der Waals surface area contributed by atoms with E-state index in [1.807, 2.05) is 31.2 Å². The van der Waals surface area contributed by atoms with E-state index in [0.717, 1.165) is 23.5 Å². The van der Waals surface area contributed by atoms with Gasteiger partial charge in [0.05, 0.1) is 0 Å². The largest absolute Gasteiger partial charge is 0.491 e. The maximum atomic E-state index is 10.1. The van der Waals surface area contributed by atoms with E-state index in [1.165, 1.54) is 31.2 Å². The standard InChI is InChI=1S/C19H29NO2/c1-13-4-3-5-18(8-13)22-12-17(21)11-20-14(2)19-10-15-6-7-16(19)9-15/h3-5,8,14-17,19-21H,6-7,9-12H2,1-2H3/t14-,15-,16-,17-,19+/m1/s1. The van der Waals surface area contributed by atoms with Crippen LogP contribution in [0.15, 0.2) is 24.3 Å². The number of ether oxygens (including phenoxy) is 1. The van der Waals surface area contributed by atoms with Crippen molar-refractivity contribution in [3.8, 4) is 5.75 Å². The molecule has 2 aliphatic rings. The fourth-order valence-corrected chi connectivity index (χ4v) is 4.34. The zero-order valence-corrected chi connectivity index (χ0v) is 13.8. The highest BCUT2D eigenvalue weighted by molar-refractivity contribution is 5.27. The van der Waals surface area contributed by atoms with E-state index in [1.54, 1.807) is 0 Å². The van der Waals surface area contributed by atoms with Crippen molar-refractivity contribution in [1.29, 1.82) is 0 Å². The van der Waals surface area contributed by atoms with Crippen LogP contribution < -0.4 is 10.1 Å². The minimum Gasteiger partial charge on any atom is -0.491 e. The molecule has 0 spiro atoms. The molecule has 122 valence electrons. The second kappa shape index (κ2) is 7.01. The third-order valence-electron chi connectivity index (χ3n) is 5.54. The molecule has 0 aliphatic heterocycles. The number of nitrogens with one attached hydrogen (secondary N) is 1. The van der Waals surface area contributed by atoms with Crippen molar-refractivity contribution < 1.29 is 9.84 Å². The van der Waals surface area contributed by atoms with Gasteiger partial charge in [0.1, 0.15) is 18.5 Å². The van der Waals surface area contributed by atoms with E-state index in [-0.39, 0.29) is 0 Å². The molecule has 2 bridgehead atoms. The fraction of sp³-hybridized carbons (Fsp3) is 0.684. The van der Waals surface area contributed by atoms with E-state index in [0.29, 0.717) is 19.2 Å². The number of aliphatic hydroxyl groups is 1. The summed E-state index contributed by atoms with van der Waals surface area (Å²) in [5, 5.41) is 13.6. The predicted octanol–water partition coefficient (Wildman–Crippen LogP) is 3.15. The van der Waals surface area contributed by atoms with Gasteiger partial charge in [0, 0.05) is 12.6 Å². The minimum absolute atomic E-state index is 0.347. The Labute approximate surface area is 134 Å². The molecule has 1 aromatic rings. The lowest BCUT2D eigenvalue weighted by Crippen LogP contribution is -2.41. The summed E-state index contributed by atoms with van der Waals surface area (Å²) in [7, 11) is 0. The maximum Gasteiger partial charge on any atom is 0.119 e. The Morgan fingerprint density at radius 2 is 2.18 bits per heavy atom. The molecule has 2 aliphatic carbocycles. The molecule has 3 rings (SSSR count). The lowest BCUT2D eigenvalue weighted by Gasteiger charge is -2.29. The van der Waals surface area contributed by atoms with Crippen molar-refractivity contribution in [2.24, 2.45) is 17.8 Å². The quantitative estimate of drug-likeness (QED) is 0.813. The van der Waals surface area contributed by atoms with Crippen molar-refractivity contribution in [3.63, 3.8) is 0 Å². The highest BCUT2D eigenvalue weighted by Crippen LogP contribution is 2.49. The van der Waals surface area contributed by atoms with Gasteiger partial charge in [0.15, 0.2) is 0 Å². The first kappa shape index (κ1) is 15.8. The van der Waals surface area contributed by atoms with Crippen LogP contribution in [0.4, 0.5) is 0 Å². The third kappa shape index (κ3) is 3.82. The van der Waals surface area contributed by atoms with Gasteiger partial charge in [0.25, 0.3) is 0 Å². The molecule has 1 aromatic carbocycles. The Kier molecular flexibility index (Phi) is 5.04. The van der Waals surface area contributed by atoms with Crippen LogP contribution in [0.3, 0.4) is 0 Å². The van der Waals surface area contributed by atoms with Crippen LogP contribution in [-0.4, -0.2) is 30.4 Å². The van der Waals surface area contributed by atoms with Gasteiger partial charge in [-0.3, -0.25) is 0 Å². The monoisotopic (exact) mass is 303 g/mol. The number of hydrogen-bond donors (Lipinski definition) is 2. The van der Waals surface area contributed by atoms with Crippen LogP contribution in [0.25, 0.3) is 0 Å². The number of benzene rings is 1. The Hall–Kier alpha value is -1.06. The number of aryl methyl sites for hydroxylation is 1. The lowest BCUT2D eigenvalue weighted by molar-refractivity contribution is 0.0993.